The Morgan fingerprint density at radius 2 is 1.75 bits per heavy atom. The lowest BCUT2D eigenvalue weighted by Gasteiger charge is -2.24. The van der Waals surface area contributed by atoms with E-state index in [2.05, 4.69) is 0 Å². The van der Waals surface area contributed by atoms with Crippen LogP contribution in [0.4, 0.5) is 0 Å². The van der Waals surface area contributed by atoms with Gasteiger partial charge in [0.1, 0.15) is 17.6 Å². The predicted molar refractivity (Wildman–Crippen MR) is 70.7 cm³/mol. The first-order valence-corrected chi connectivity index (χ1v) is 6.16. The second-order valence-electron chi connectivity index (χ2n) is 5.02. The number of rotatable bonds is 0. The van der Waals surface area contributed by atoms with Gasteiger partial charge in [-0.3, -0.25) is 9.59 Å². The van der Waals surface area contributed by atoms with Crippen LogP contribution in [0.2, 0.25) is 0 Å². The number of aliphatic hydroxyl groups is 1. The minimum Gasteiger partial charge on any atom is -0.508 e. The maximum absolute atomic E-state index is 12.1. The fraction of sp³-hybridized carbons (Fsp3) is 0.200. The maximum atomic E-state index is 12.1. The summed E-state index contributed by atoms with van der Waals surface area (Å²) >= 11 is 0. The summed E-state index contributed by atoms with van der Waals surface area (Å²) in [7, 11) is 0. The van der Waals surface area contributed by atoms with Crippen LogP contribution in [0.3, 0.4) is 0 Å². The third-order valence-electron chi connectivity index (χ3n) is 3.74. The Hall–Kier alpha value is -2.40. The number of phenolic OH excluding ortho intramolecular Hbond substituents is 2. The second kappa shape index (κ2) is 4.05. The quantitative estimate of drug-likeness (QED) is 0.634. The van der Waals surface area contributed by atoms with Crippen LogP contribution in [-0.4, -0.2) is 26.9 Å². The highest BCUT2D eigenvalue weighted by molar-refractivity contribution is 6.17. The number of hydrogen-bond donors (Lipinski definition) is 3. The summed E-state index contributed by atoms with van der Waals surface area (Å²) in [4.78, 5) is 23.9. The van der Waals surface area contributed by atoms with Crippen molar-refractivity contribution in [1.82, 2.24) is 0 Å². The SMILES string of the molecule is CC1C(=O)c2cc3cc(O)cc(O)c3cc2C(O)C1=O. The van der Waals surface area contributed by atoms with Gasteiger partial charge in [0.05, 0.1) is 5.92 Å². The molecule has 0 spiro atoms. The molecule has 2 unspecified atom stereocenters. The van der Waals surface area contributed by atoms with Crippen molar-refractivity contribution in [2.75, 3.05) is 0 Å². The molecule has 3 N–H and O–H groups in total. The van der Waals surface area contributed by atoms with Crippen LogP contribution < -0.4 is 0 Å². The van der Waals surface area contributed by atoms with Gasteiger partial charge in [-0.1, -0.05) is 0 Å². The van der Waals surface area contributed by atoms with E-state index in [0.717, 1.165) is 6.07 Å². The van der Waals surface area contributed by atoms with Crippen LogP contribution in [-0.2, 0) is 4.79 Å². The number of carbonyl (C=O) groups excluding carboxylic acids is 2. The molecule has 2 aromatic rings. The molecule has 0 aliphatic heterocycles. The lowest BCUT2D eigenvalue weighted by atomic mass is 9.80. The van der Waals surface area contributed by atoms with Crippen LogP contribution in [0.1, 0.15) is 28.9 Å². The van der Waals surface area contributed by atoms with E-state index in [1.54, 1.807) is 0 Å². The van der Waals surface area contributed by atoms with E-state index in [9.17, 15) is 24.9 Å². The van der Waals surface area contributed by atoms with Crippen molar-refractivity contribution in [3.63, 3.8) is 0 Å². The van der Waals surface area contributed by atoms with Gasteiger partial charge in [0.2, 0.25) is 0 Å². The number of aliphatic hydroxyl groups excluding tert-OH is 1. The molecule has 0 heterocycles. The van der Waals surface area contributed by atoms with E-state index in [1.165, 1.54) is 25.1 Å². The monoisotopic (exact) mass is 272 g/mol. The molecule has 2 aromatic carbocycles. The molecule has 1 aliphatic carbocycles. The number of carbonyl (C=O) groups is 2. The first kappa shape index (κ1) is 12.6. The zero-order chi connectivity index (χ0) is 14.6. The van der Waals surface area contributed by atoms with Gasteiger partial charge in [-0.2, -0.15) is 0 Å². The summed E-state index contributed by atoms with van der Waals surface area (Å²) in [5, 5.41) is 30.1. The number of fused-ring (bicyclic) bond motifs is 2. The molecule has 0 amide bonds. The maximum Gasteiger partial charge on any atom is 0.176 e. The molecule has 0 saturated heterocycles. The topological polar surface area (TPSA) is 94.8 Å². The van der Waals surface area contributed by atoms with Gasteiger partial charge in [0, 0.05) is 17.0 Å². The van der Waals surface area contributed by atoms with Crippen molar-refractivity contribution in [3.8, 4) is 11.5 Å². The Balaban J connectivity index is 2.36. The van der Waals surface area contributed by atoms with Crippen molar-refractivity contribution in [3.05, 3.63) is 35.4 Å². The van der Waals surface area contributed by atoms with E-state index >= 15 is 0 Å². The number of benzene rings is 2. The fourth-order valence-electron chi connectivity index (χ4n) is 2.59. The zero-order valence-electron chi connectivity index (χ0n) is 10.6. The summed E-state index contributed by atoms with van der Waals surface area (Å²) in [6.45, 7) is 1.46. The molecule has 0 saturated carbocycles. The van der Waals surface area contributed by atoms with Crippen molar-refractivity contribution >= 4 is 22.3 Å². The third-order valence-corrected chi connectivity index (χ3v) is 3.74. The Labute approximate surface area is 114 Å². The third kappa shape index (κ3) is 1.60. The zero-order valence-corrected chi connectivity index (χ0v) is 10.6. The van der Waals surface area contributed by atoms with Crippen LogP contribution in [0, 0.1) is 5.92 Å². The molecule has 1 aliphatic rings. The van der Waals surface area contributed by atoms with E-state index in [1.807, 2.05) is 0 Å². The van der Waals surface area contributed by atoms with Crippen molar-refractivity contribution in [1.29, 1.82) is 0 Å². The summed E-state index contributed by atoms with van der Waals surface area (Å²) in [5.74, 6) is -2.09. The minimum absolute atomic E-state index is 0.122. The lowest BCUT2D eigenvalue weighted by molar-refractivity contribution is -0.130. The first-order valence-electron chi connectivity index (χ1n) is 6.16. The van der Waals surface area contributed by atoms with Gasteiger partial charge in [0.15, 0.2) is 11.6 Å². The second-order valence-corrected chi connectivity index (χ2v) is 5.02. The molecule has 2 atom stereocenters. The lowest BCUT2D eigenvalue weighted by Crippen LogP contribution is -2.33. The molecule has 0 radical (unpaired) electrons. The van der Waals surface area contributed by atoms with Crippen LogP contribution >= 0.6 is 0 Å². The van der Waals surface area contributed by atoms with E-state index in [-0.39, 0.29) is 28.4 Å². The van der Waals surface area contributed by atoms with E-state index < -0.39 is 17.8 Å². The largest absolute Gasteiger partial charge is 0.508 e. The molecular weight excluding hydrogens is 260 g/mol. The first-order chi connectivity index (χ1) is 9.40. The normalized spacial score (nSPS) is 22.1. The average molecular weight is 272 g/mol. The Kier molecular flexibility index (Phi) is 2.55. The Bertz CT molecular complexity index is 762. The molecule has 5 nitrogen and oxygen atoms in total. The van der Waals surface area contributed by atoms with Gasteiger partial charge < -0.3 is 15.3 Å². The number of aromatic hydroxyl groups is 2. The molecule has 20 heavy (non-hydrogen) atoms. The van der Waals surface area contributed by atoms with Crippen molar-refractivity contribution < 1.29 is 24.9 Å². The van der Waals surface area contributed by atoms with Gasteiger partial charge in [-0.05, 0) is 36.1 Å². The molecule has 0 bridgehead atoms. The van der Waals surface area contributed by atoms with Gasteiger partial charge in [-0.25, -0.2) is 0 Å². The smallest absolute Gasteiger partial charge is 0.176 e. The van der Waals surface area contributed by atoms with Gasteiger partial charge in [0.25, 0.3) is 0 Å². The minimum atomic E-state index is -1.37. The number of hydrogen-bond acceptors (Lipinski definition) is 5. The average Bonchev–Trinajstić information content (AvgIpc) is 2.41. The Morgan fingerprint density at radius 1 is 1.05 bits per heavy atom. The standard InChI is InChI=1S/C15H12O5/c1-6-13(18)10-3-7-2-8(16)4-12(17)9(7)5-11(10)15(20)14(6)19/h2-6,15-17,20H,1H3. The molecule has 3 rings (SSSR count). The van der Waals surface area contributed by atoms with Crippen molar-refractivity contribution in [2.24, 2.45) is 5.92 Å². The molecular formula is C15H12O5. The van der Waals surface area contributed by atoms with Crippen molar-refractivity contribution in [2.45, 2.75) is 13.0 Å². The number of ketones is 2. The highest BCUT2D eigenvalue weighted by Gasteiger charge is 2.37. The molecule has 0 fully saturated rings. The van der Waals surface area contributed by atoms with Crippen LogP contribution in [0.25, 0.3) is 10.8 Å². The summed E-state index contributed by atoms with van der Waals surface area (Å²) in [6, 6.07) is 5.48. The predicted octanol–water partition coefficient (Wildman–Crippen LogP) is 1.69. The van der Waals surface area contributed by atoms with Gasteiger partial charge in [-0.15, -0.1) is 0 Å². The van der Waals surface area contributed by atoms with E-state index in [0.29, 0.717) is 10.8 Å². The van der Waals surface area contributed by atoms with Crippen LogP contribution in [0.15, 0.2) is 24.3 Å². The number of Topliss-reactive ketones (excluding diaryl/α,β-unsaturated/α-hetero) is 2. The molecule has 102 valence electrons. The van der Waals surface area contributed by atoms with Crippen LogP contribution in [0.5, 0.6) is 11.5 Å². The summed E-state index contributed by atoms with van der Waals surface area (Å²) < 4.78 is 0. The summed E-state index contributed by atoms with van der Waals surface area (Å²) in [5.41, 5.74) is 0.452. The van der Waals surface area contributed by atoms with E-state index in [4.69, 9.17) is 0 Å². The number of phenols is 2. The molecule has 5 heteroatoms. The molecule has 0 aromatic heterocycles. The highest BCUT2D eigenvalue weighted by Crippen LogP contribution is 2.37. The fourth-order valence-corrected chi connectivity index (χ4v) is 2.59. The Morgan fingerprint density at radius 3 is 2.45 bits per heavy atom. The summed E-state index contributed by atoms with van der Waals surface area (Å²) in [6.07, 6.45) is -1.37. The highest BCUT2D eigenvalue weighted by atomic mass is 16.3. The van der Waals surface area contributed by atoms with Gasteiger partial charge >= 0.3 is 0 Å².